The summed E-state index contributed by atoms with van der Waals surface area (Å²) >= 11 is 7.50. The Morgan fingerprint density at radius 3 is 2.67 bits per heavy atom. The Hall–Kier alpha value is -3.23. The van der Waals surface area contributed by atoms with E-state index in [4.69, 9.17) is 20.8 Å². The Bertz CT molecular complexity index is 1290. The molecule has 3 aromatic rings. The fourth-order valence-corrected chi connectivity index (χ4v) is 4.62. The van der Waals surface area contributed by atoms with Crippen LogP contribution in [0.25, 0.3) is 6.08 Å². The fraction of sp³-hybridized carbons (Fsp3) is 0.208. The van der Waals surface area contributed by atoms with E-state index in [1.807, 2.05) is 31.5 Å². The summed E-state index contributed by atoms with van der Waals surface area (Å²) in [5, 5.41) is 0.750. The van der Waals surface area contributed by atoms with Crippen molar-refractivity contribution in [1.82, 2.24) is 4.57 Å². The molecule has 1 aromatic carbocycles. The molecule has 0 fully saturated rings. The number of amidine groups is 1. The standard InChI is InChI=1S/C24H22ClN3O4S/c1-14-10-18(15(2)27(14)3)21(29)13-33-24-26-20(12-17-6-5-9-32-17)23(30)28(24)16-7-8-22(31-4)19(25)11-16/h5-12H,13H2,1-4H3/b20-12-. The molecule has 0 spiro atoms. The lowest BCUT2D eigenvalue weighted by Gasteiger charge is -2.18. The Morgan fingerprint density at radius 2 is 2.06 bits per heavy atom. The van der Waals surface area contributed by atoms with Crippen LogP contribution in [0.5, 0.6) is 5.75 Å². The number of carbonyl (C=O) groups is 2. The van der Waals surface area contributed by atoms with Gasteiger partial charge in [0.1, 0.15) is 17.2 Å². The molecule has 9 heteroatoms. The van der Waals surface area contributed by atoms with Gasteiger partial charge in [-0.3, -0.25) is 14.5 Å². The fourth-order valence-electron chi connectivity index (χ4n) is 3.47. The summed E-state index contributed by atoms with van der Waals surface area (Å²) in [6.07, 6.45) is 3.09. The number of Topliss-reactive ketones (excluding diaryl/α,β-unsaturated/α-hetero) is 1. The first-order valence-electron chi connectivity index (χ1n) is 10.1. The second kappa shape index (κ2) is 9.33. The number of amides is 1. The summed E-state index contributed by atoms with van der Waals surface area (Å²) in [6, 6.07) is 10.4. The van der Waals surface area contributed by atoms with Gasteiger partial charge in [-0.1, -0.05) is 23.4 Å². The van der Waals surface area contributed by atoms with Gasteiger partial charge in [-0.05, 0) is 50.2 Å². The number of furan rings is 1. The van der Waals surface area contributed by atoms with Crippen molar-refractivity contribution in [3.8, 4) is 5.75 Å². The number of aryl methyl sites for hydroxylation is 1. The molecule has 0 atom stereocenters. The van der Waals surface area contributed by atoms with Gasteiger partial charge < -0.3 is 13.7 Å². The highest BCUT2D eigenvalue weighted by Gasteiger charge is 2.33. The molecule has 0 radical (unpaired) electrons. The van der Waals surface area contributed by atoms with Crippen LogP contribution in [-0.4, -0.2) is 34.3 Å². The first-order chi connectivity index (χ1) is 15.8. The number of rotatable bonds is 6. The van der Waals surface area contributed by atoms with Gasteiger partial charge in [0, 0.05) is 30.1 Å². The SMILES string of the molecule is COc1ccc(N2C(=O)/C(=C/c3ccco3)N=C2SCC(=O)c2cc(C)n(C)c2C)cc1Cl. The van der Waals surface area contributed by atoms with E-state index in [0.717, 1.165) is 11.4 Å². The molecule has 0 saturated carbocycles. The molecule has 0 N–H and O–H groups in total. The van der Waals surface area contributed by atoms with Crippen LogP contribution in [0.1, 0.15) is 27.5 Å². The number of benzene rings is 1. The van der Waals surface area contributed by atoms with Crippen molar-refractivity contribution in [2.45, 2.75) is 13.8 Å². The van der Waals surface area contributed by atoms with Crippen LogP contribution in [0.4, 0.5) is 5.69 Å². The molecule has 0 unspecified atom stereocenters. The van der Waals surface area contributed by atoms with Crippen LogP contribution < -0.4 is 9.64 Å². The number of hydrogen-bond donors (Lipinski definition) is 0. The van der Waals surface area contributed by atoms with Gasteiger partial charge in [0.2, 0.25) is 0 Å². The third-order valence-corrected chi connectivity index (χ3v) is 6.69. The van der Waals surface area contributed by atoms with Crippen molar-refractivity contribution >= 4 is 52.0 Å². The maximum absolute atomic E-state index is 13.3. The van der Waals surface area contributed by atoms with Crippen LogP contribution in [0, 0.1) is 13.8 Å². The van der Waals surface area contributed by atoms with Crippen molar-refractivity contribution < 1.29 is 18.7 Å². The van der Waals surface area contributed by atoms with Crippen molar-refractivity contribution in [1.29, 1.82) is 0 Å². The topological polar surface area (TPSA) is 77.0 Å². The van der Waals surface area contributed by atoms with E-state index in [0.29, 0.717) is 33.0 Å². The van der Waals surface area contributed by atoms with Gasteiger partial charge in [-0.15, -0.1) is 0 Å². The Balaban J connectivity index is 1.65. The van der Waals surface area contributed by atoms with E-state index < -0.39 is 0 Å². The van der Waals surface area contributed by atoms with E-state index in [1.54, 1.807) is 36.4 Å². The number of aliphatic imine (C=N–C) groups is 1. The molecule has 4 rings (SSSR count). The molecular weight excluding hydrogens is 462 g/mol. The monoisotopic (exact) mass is 483 g/mol. The molecule has 0 aliphatic carbocycles. The summed E-state index contributed by atoms with van der Waals surface area (Å²) in [5.74, 6) is 0.759. The minimum atomic E-state index is -0.339. The van der Waals surface area contributed by atoms with E-state index in [9.17, 15) is 9.59 Å². The van der Waals surface area contributed by atoms with Crippen LogP contribution in [0.15, 0.2) is 57.8 Å². The van der Waals surface area contributed by atoms with Gasteiger partial charge in [0.05, 0.1) is 29.8 Å². The molecule has 33 heavy (non-hydrogen) atoms. The highest BCUT2D eigenvalue weighted by atomic mass is 35.5. The smallest absolute Gasteiger partial charge is 0.283 e. The second-order valence-electron chi connectivity index (χ2n) is 7.45. The predicted molar refractivity (Wildman–Crippen MR) is 131 cm³/mol. The zero-order chi connectivity index (χ0) is 23.7. The Labute approximate surface area is 200 Å². The highest BCUT2D eigenvalue weighted by Crippen LogP contribution is 2.34. The number of carbonyl (C=O) groups excluding carboxylic acids is 2. The first-order valence-corrected chi connectivity index (χ1v) is 11.5. The average Bonchev–Trinajstić information content (AvgIpc) is 3.48. The average molecular weight is 484 g/mol. The molecule has 170 valence electrons. The zero-order valence-corrected chi connectivity index (χ0v) is 20.2. The normalized spacial score (nSPS) is 14.8. The summed E-state index contributed by atoms with van der Waals surface area (Å²) in [4.78, 5) is 32.1. The predicted octanol–water partition coefficient (Wildman–Crippen LogP) is 5.26. The van der Waals surface area contributed by atoms with Crippen molar-refractivity contribution in [2.75, 3.05) is 17.8 Å². The molecule has 7 nitrogen and oxygen atoms in total. The zero-order valence-electron chi connectivity index (χ0n) is 18.6. The molecule has 2 aromatic heterocycles. The molecule has 0 saturated heterocycles. The lowest BCUT2D eigenvalue weighted by Crippen LogP contribution is -2.30. The summed E-state index contributed by atoms with van der Waals surface area (Å²) in [5.41, 5.74) is 3.31. The quantitative estimate of drug-likeness (QED) is 0.353. The third kappa shape index (κ3) is 4.49. The van der Waals surface area contributed by atoms with Gasteiger partial charge >= 0.3 is 0 Å². The maximum Gasteiger partial charge on any atom is 0.283 e. The van der Waals surface area contributed by atoms with E-state index in [1.165, 1.54) is 30.0 Å². The second-order valence-corrected chi connectivity index (χ2v) is 8.80. The number of anilines is 1. The third-order valence-electron chi connectivity index (χ3n) is 5.45. The van der Waals surface area contributed by atoms with Crippen molar-refractivity contribution in [2.24, 2.45) is 12.0 Å². The number of hydrogen-bond acceptors (Lipinski definition) is 6. The van der Waals surface area contributed by atoms with Crippen molar-refractivity contribution in [3.05, 3.63) is 76.1 Å². The van der Waals surface area contributed by atoms with E-state index in [-0.39, 0.29) is 23.1 Å². The molecule has 0 bridgehead atoms. The highest BCUT2D eigenvalue weighted by molar-refractivity contribution is 8.14. The largest absolute Gasteiger partial charge is 0.495 e. The van der Waals surface area contributed by atoms with Gasteiger partial charge in [-0.2, -0.15) is 0 Å². The molecular formula is C24H22ClN3O4S. The number of methoxy groups -OCH3 is 1. The lowest BCUT2D eigenvalue weighted by atomic mass is 10.2. The van der Waals surface area contributed by atoms with Gasteiger partial charge in [-0.25, -0.2) is 4.99 Å². The Morgan fingerprint density at radius 1 is 1.27 bits per heavy atom. The van der Waals surface area contributed by atoms with Gasteiger partial charge in [0.25, 0.3) is 5.91 Å². The van der Waals surface area contributed by atoms with E-state index >= 15 is 0 Å². The maximum atomic E-state index is 13.3. The lowest BCUT2D eigenvalue weighted by molar-refractivity contribution is -0.113. The number of ketones is 1. The molecule has 1 aliphatic heterocycles. The number of nitrogens with zero attached hydrogens (tertiary/aromatic N) is 3. The minimum Gasteiger partial charge on any atom is -0.495 e. The minimum absolute atomic E-state index is 0.0347. The molecule has 1 aliphatic rings. The number of halogens is 1. The Kier molecular flexibility index (Phi) is 6.49. The number of aromatic nitrogens is 1. The first kappa shape index (κ1) is 22.9. The van der Waals surface area contributed by atoms with Crippen LogP contribution >= 0.6 is 23.4 Å². The molecule has 3 heterocycles. The number of thioether (sulfide) groups is 1. The van der Waals surface area contributed by atoms with E-state index in [2.05, 4.69) is 4.99 Å². The van der Waals surface area contributed by atoms with Crippen LogP contribution in [0.2, 0.25) is 5.02 Å². The number of ether oxygens (including phenoxy) is 1. The van der Waals surface area contributed by atoms with Crippen LogP contribution in [0.3, 0.4) is 0 Å². The van der Waals surface area contributed by atoms with Crippen LogP contribution in [-0.2, 0) is 11.8 Å². The summed E-state index contributed by atoms with van der Waals surface area (Å²) < 4.78 is 12.5. The van der Waals surface area contributed by atoms with Crippen molar-refractivity contribution in [3.63, 3.8) is 0 Å². The summed E-state index contributed by atoms with van der Waals surface area (Å²) in [7, 11) is 3.45. The molecule has 1 amide bonds. The summed E-state index contributed by atoms with van der Waals surface area (Å²) in [6.45, 7) is 3.87. The van der Waals surface area contributed by atoms with Gasteiger partial charge in [0.15, 0.2) is 11.0 Å².